The normalized spacial score (nSPS) is 10.5. The average Bonchev–Trinajstić information content (AvgIpc) is 3.15. The fourth-order valence-corrected chi connectivity index (χ4v) is 2.62. The summed E-state index contributed by atoms with van der Waals surface area (Å²) in [5.41, 5.74) is 0.652. The van der Waals surface area contributed by atoms with Crippen molar-refractivity contribution in [2.75, 3.05) is 12.9 Å². The molecule has 0 atom stereocenters. The van der Waals surface area contributed by atoms with Gasteiger partial charge in [0.05, 0.1) is 12.9 Å². The molecule has 0 aliphatic heterocycles. The van der Waals surface area contributed by atoms with Crippen molar-refractivity contribution in [3.8, 4) is 11.6 Å². The molecular formula is C16H14N4O2S. The molecule has 6 nitrogen and oxygen atoms in total. The summed E-state index contributed by atoms with van der Waals surface area (Å²) in [6.45, 7) is 0. The maximum absolute atomic E-state index is 12.1. The predicted octanol–water partition coefficient (Wildman–Crippen LogP) is 2.65. The van der Waals surface area contributed by atoms with Gasteiger partial charge in [-0.1, -0.05) is 11.8 Å². The molecule has 0 saturated heterocycles. The van der Waals surface area contributed by atoms with E-state index in [1.165, 1.54) is 11.8 Å². The zero-order valence-corrected chi connectivity index (χ0v) is 13.2. The summed E-state index contributed by atoms with van der Waals surface area (Å²) in [6.07, 6.45) is 3.47. The molecule has 0 saturated carbocycles. The predicted molar refractivity (Wildman–Crippen MR) is 87.2 cm³/mol. The van der Waals surface area contributed by atoms with Gasteiger partial charge in [0, 0.05) is 18.0 Å². The molecule has 3 aromatic rings. The minimum absolute atomic E-state index is 0.0376. The van der Waals surface area contributed by atoms with E-state index in [-0.39, 0.29) is 5.78 Å². The molecule has 0 amide bonds. The van der Waals surface area contributed by atoms with Crippen molar-refractivity contribution < 1.29 is 9.53 Å². The number of rotatable bonds is 6. The van der Waals surface area contributed by atoms with Crippen molar-refractivity contribution >= 4 is 17.5 Å². The lowest BCUT2D eigenvalue weighted by Gasteiger charge is -2.03. The highest BCUT2D eigenvalue weighted by Crippen LogP contribution is 2.18. The summed E-state index contributed by atoms with van der Waals surface area (Å²) in [5, 5.41) is 13.0. The van der Waals surface area contributed by atoms with E-state index in [4.69, 9.17) is 4.74 Å². The number of hydrogen-bond acceptors (Lipinski definition) is 6. The second-order valence-electron chi connectivity index (χ2n) is 4.62. The number of hydrogen-bond donors (Lipinski definition) is 0. The van der Waals surface area contributed by atoms with Crippen molar-refractivity contribution in [3.05, 3.63) is 60.4 Å². The summed E-state index contributed by atoms with van der Waals surface area (Å²) in [7, 11) is 1.60. The molecule has 0 fully saturated rings. The Bertz CT molecular complexity index is 771. The topological polar surface area (TPSA) is 69.9 Å². The molecule has 0 N–H and O–H groups in total. The molecular weight excluding hydrogens is 312 g/mol. The Balaban J connectivity index is 1.60. The number of ether oxygens (including phenoxy) is 1. The second kappa shape index (κ2) is 7.06. The Hall–Kier alpha value is -2.67. The first kappa shape index (κ1) is 15.2. The summed E-state index contributed by atoms with van der Waals surface area (Å²) >= 11 is 1.36. The number of carbonyl (C=O) groups is 1. The van der Waals surface area contributed by atoms with Gasteiger partial charge in [-0.05, 0) is 42.5 Å². The van der Waals surface area contributed by atoms with E-state index in [0.29, 0.717) is 22.2 Å². The van der Waals surface area contributed by atoms with Crippen LogP contribution in [0.2, 0.25) is 0 Å². The van der Waals surface area contributed by atoms with Crippen LogP contribution < -0.4 is 4.74 Å². The van der Waals surface area contributed by atoms with Crippen LogP contribution in [0.15, 0.2) is 59.9 Å². The standard InChI is InChI=1S/C16H14N4O2S/c1-22-13-5-3-12(4-6-13)14(21)11-23-16-8-7-15(18-19-16)20-10-2-9-17-20/h2-10H,11H2,1H3. The molecule has 0 bridgehead atoms. The van der Waals surface area contributed by atoms with Crippen molar-refractivity contribution in [1.29, 1.82) is 0 Å². The van der Waals surface area contributed by atoms with E-state index in [1.807, 2.05) is 18.2 Å². The van der Waals surface area contributed by atoms with Crippen LogP contribution in [0.5, 0.6) is 5.75 Å². The highest BCUT2D eigenvalue weighted by Gasteiger charge is 2.08. The Morgan fingerprint density at radius 3 is 2.61 bits per heavy atom. The average molecular weight is 326 g/mol. The van der Waals surface area contributed by atoms with Gasteiger partial charge < -0.3 is 4.74 Å². The Labute approximate surface area is 137 Å². The van der Waals surface area contributed by atoms with E-state index < -0.39 is 0 Å². The highest BCUT2D eigenvalue weighted by atomic mass is 32.2. The number of benzene rings is 1. The van der Waals surface area contributed by atoms with Gasteiger partial charge in [0.1, 0.15) is 10.8 Å². The monoisotopic (exact) mass is 326 g/mol. The molecule has 7 heteroatoms. The zero-order chi connectivity index (χ0) is 16.1. The lowest BCUT2D eigenvalue weighted by atomic mass is 10.1. The van der Waals surface area contributed by atoms with Crippen molar-refractivity contribution in [1.82, 2.24) is 20.0 Å². The molecule has 2 heterocycles. The van der Waals surface area contributed by atoms with Gasteiger partial charge in [-0.2, -0.15) is 5.10 Å². The molecule has 2 aromatic heterocycles. The zero-order valence-electron chi connectivity index (χ0n) is 12.4. The van der Waals surface area contributed by atoms with Gasteiger partial charge in [0.2, 0.25) is 0 Å². The van der Waals surface area contributed by atoms with E-state index in [2.05, 4.69) is 15.3 Å². The fourth-order valence-electron chi connectivity index (χ4n) is 1.92. The first-order chi connectivity index (χ1) is 11.3. The number of aromatic nitrogens is 4. The van der Waals surface area contributed by atoms with Gasteiger partial charge in [-0.3, -0.25) is 4.79 Å². The summed E-state index contributed by atoms with van der Waals surface area (Å²) in [4.78, 5) is 12.1. The molecule has 3 rings (SSSR count). The van der Waals surface area contributed by atoms with Crippen LogP contribution in [0.25, 0.3) is 5.82 Å². The lowest BCUT2D eigenvalue weighted by molar-refractivity contribution is 0.102. The summed E-state index contributed by atoms with van der Waals surface area (Å²) in [6, 6.07) is 12.5. The maximum atomic E-state index is 12.1. The Kier molecular flexibility index (Phi) is 4.68. The third kappa shape index (κ3) is 3.75. The maximum Gasteiger partial charge on any atom is 0.175 e. The number of nitrogens with zero attached hydrogens (tertiary/aromatic N) is 4. The van der Waals surface area contributed by atoms with Crippen LogP contribution in [-0.4, -0.2) is 38.6 Å². The third-order valence-corrected chi connectivity index (χ3v) is 4.05. The summed E-state index contributed by atoms with van der Waals surface area (Å²) in [5.74, 6) is 1.72. The molecule has 23 heavy (non-hydrogen) atoms. The van der Waals surface area contributed by atoms with Gasteiger partial charge in [0.25, 0.3) is 0 Å². The van der Waals surface area contributed by atoms with Crippen LogP contribution in [0, 0.1) is 0 Å². The number of Topliss-reactive ketones (excluding diaryl/α,β-unsaturated/α-hetero) is 1. The van der Waals surface area contributed by atoms with Gasteiger partial charge in [-0.25, -0.2) is 4.68 Å². The van der Waals surface area contributed by atoms with E-state index >= 15 is 0 Å². The van der Waals surface area contributed by atoms with Gasteiger partial charge >= 0.3 is 0 Å². The smallest absolute Gasteiger partial charge is 0.175 e. The minimum atomic E-state index is 0.0376. The van der Waals surface area contributed by atoms with Crippen LogP contribution in [0.1, 0.15) is 10.4 Å². The SMILES string of the molecule is COc1ccc(C(=O)CSc2ccc(-n3cccn3)nn2)cc1. The third-order valence-electron chi connectivity index (χ3n) is 3.13. The van der Waals surface area contributed by atoms with Crippen molar-refractivity contribution in [2.24, 2.45) is 0 Å². The quantitative estimate of drug-likeness (QED) is 0.512. The molecule has 0 spiro atoms. The molecule has 0 unspecified atom stereocenters. The first-order valence-corrected chi connectivity index (χ1v) is 7.88. The number of thioether (sulfide) groups is 1. The van der Waals surface area contributed by atoms with Crippen LogP contribution in [0.4, 0.5) is 0 Å². The van der Waals surface area contributed by atoms with Crippen molar-refractivity contribution in [3.63, 3.8) is 0 Å². The molecule has 0 aliphatic carbocycles. The van der Waals surface area contributed by atoms with Gasteiger partial charge in [0.15, 0.2) is 11.6 Å². The molecule has 116 valence electrons. The fraction of sp³-hybridized carbons (Fsp3) is 0.125. The lowest BCUT2D eigenvalue weighted by Crippen LogP contribution is -2.04. The summed E-state index contributed by atoms with van der Waals surface area (Å²) < 4.78 is 6.71. The number of carbonyl (C=O) groups excluding carboxylic acids is 1. The van der Waals surface area contributed by atoms with Crippen LogP contribution in [0.3, 0.4) is 0 Å². The Morgan fingerprint density at radius 1 is 1.17 bits per heavy atom. The van der Waals surface area contributed by atoms with E-state index in [9.17, 15) is 4.79 Å². The van der Waals surface area contributed by atoms with E-state index in [0.717, 1.165) is 5.75 Å². The Morgan fingerprint density at radius 2 is 2.00 bits per heavy atom. The highest BCUT2D eigenvalue weighted by molar-refractivity contribution is 7.99. The largest absolute Gasteiger partial charge is 0.497 e. The number of ketones is 1. The van der Waals surface area contributed by atoms with Gasteiger partial charge in [-0.15, -0.1) is 10.2 Å². The molecule has 1 aromatic carbocycles. The minimum Gasteiger partial charge on any atom is -0.497 e. The molecule has 0 radical (unpaired) electrons. The van der Waals surface area contributed by atoms with E-state index in [1.54, 1.807) is 48.5 Å². The number of methoxy groups -OCH3 is 1. The molecule has 0 aliphatic rings. The first-order valence-electron chi connectivity index (χ1n) is 6.90. The van der Waals surface area contributed by atoms with Crippen LogP contribution >= 0.6 is 11.8 Å². The van der Waals surface area contributed by atoms with Crippen molar-refractivity contribution in [2.45, 2.75) is 5.03 Å². The second-order valence-corrected chi connectivity index (χ2v) is 5.62. The van der Waals surface area contributed by atoms with Crippen LogP contribution in [-0.2, 0) is 0 Å².